The lowest BCUT2D eigenvalue weighted by Gasteiger charge is -2.14. The van der Waals surface area contributed by atoms with Gasteiger partial charge in [-0.2, -0.15) is 0 Å². The fourth-order valence-electron chi connectivity index (χ4n) is 1.99. The molecule has 0 aliphatic heterocycles. The van der Waals surface area contributed by atoms with Crippen LogP contribution in [0.15, 0.2) is 40.3 Å². The van der Waals surface area contributed by atoms with Gasteiger partial charge in [-0.1, -0.05) is 42.0 Å². The number of benzene rings is 1. The molecule has 0 fully saturated rings. The second-order valence-electron chi connectivity index (χ2n) is 4.79. The van der Waals surface area contributed by atoms with Crippen molar-refractivity contribution in [1.82, 2.24) is 15.1 Å². The molecule has 4 heteroatoms. The summed E-state index contributed by atoms with van der Waals surface area (Å²) in [6, 6.07) is 10.3. The summed E-state index contributed by atoms with van der Waals surface area (Å²) in [7, 11) is 2.04. The summed E-state index contributed by atoms with van der Waals surface area (Å²) in [6.07, 6.45) is 2.19. The molecule has 0 atom stereocenters. The van der Waals surface area contributed by atoms with E-state index in [1.165, 1.54) is 11.1 Å². The average Bonchev–Trinajstić information content (AvgIpc) is 2.75. The molecule has 0 unspecified atom stereocenters. The van der Waals surface area contributed by atoms with Gasteiger partial charge in [0.15, 0.2) is 0 Å². The van der Waals surface area contributed by atoms with Gasteiger partial charge in [0, 0.05) is 13.5 Å². The quantitative estimate of drug-likeness (QED) is 0.826. The van der Waals surface area contributed by atoms with Gasteiger partial charge in [-0.15, -0.1) is 10.2 Å². The maximum absolute atomic E-state index is 5.37. The zero-order valence-electron chi connectivity index (χ0n) is 11.6. The van der Waals surface area contributed by atoms with Gasteiger partial charge < -0.3 is 4.42 Å². The molecule has 2 aromatic rings. The van der Waals surface area contributed by atoms with Crippen LogP contribution in [0.5, 0.6) is 0 Å². The molecule has 4 nitrogen and oxygen atoms in total. The second-order valence-corrected chi connectivity index (χ2v) is 4.79. The van der Waals surface area contributed by atoms with Crippen molar-refractivity contribution < 1.29 is 4.42 Å². The van der Waals surface area contributed by atoms with Crippen molar-refractivity contribution in [2.24, 2.45) is 0 Å². The molecule has 0 aliphatic carbocycles. The fraction of sp³-hybridized carbons (Fsp3) is 0.333. The molecule has 0 radical (unpaired) electrons. The van der Waals surface area contributed by atoms with Crippen LogP contribution in [0.25, 0.3) is 6.08 Å². The van der Waals surface area contributed by atoms with E-state index >= 15 is 0 Å². The maximum Gasteiger partial charge on any atom is 0.230 e. The number of hydrogen-bond acceptors (Lipinski definition) is 4. The second kappa shape index (κ2) is 6.29. The van der Waals surface area contributed by atoms with Gasteiger partial charge in [-0.3, -0.25) is 4.90 Å². The first-order chi connectivity index (χ1) is 9.13. The lowest BCUT2D eigenvalue weighted by atomic mass is 10.1. The van der Waals surface area contributed by atoms with Crippen LogP contribution in [0.4, 0.5) is 0 Å². The highest BCUT2D eigenvalue weighted by atomic mass is 16.4. The third kappa shape index (κ3) is 4.34. The summed E-state index contributed by atoms with van der Waals surface area (Å²) >= 11 is 0. The minimum absolute atomic E-state index is 0.611. The van der Waals surface area contributed by atoms with E-state index in [1.54, 1.807) is 6.92 Å². The molecule has 0 amide bonds. The van der Waals surface area contributed by atoms with E-state index in [0.29, 0.717) is 18.3 Å². The van der Waals surface area contributed by atoms with Crippen LogP contribution >= 0.6 is 0 Å². The number of aromatic nitrogens is 2. The minimum atomic E-state index is 0.611. The molecule has 0 N–H and O–H groups in total. The number of rotatable bonds is 5. The normalized spacial score (nSPS) is 12.1. The van der Waals surface area contributed by atoms with E-state index in [9.17, 15) is 0 Å². The van der Waals surface area contributed by atoms with Gasteiger partial charge in [-0.25, -0.2) is 0 Å². The van der Waals surface area contributed by atoms with Crippen molar-refractivity contribution in [3.8, 4) is 0 Å². The summed E-state index contributed by atoms with van der Waals surface area (Å²) in [5.74, 6) is 1.27. The Morgan fingerprint density at radius 3 is 2.63 bits per heavy atom. The van der Waals surface area contributed by atoms with Crippen molar-refractivity contribution in [3.05, 3.63) is 53.2 Å². The third-order valence-electron chi connectivity index (χ3n) is 2.71. The first kappa shape index (κ1) is 13.5. The van der Waals surface area contributed by atoms with Crippen molar-refractivity contribution in [3.63, 3.8) is 0 Å². The lowest BCUT2D eigenvalue weighted by Crippen LogP contribution is -2.20. The highest BCUT2D eigenvalue weighted by molar-refractivity contribution is 5.52. The van der Waals surface area contributed by atoms with E-state index < -0.39 is 0 Å². The van der Waals surface area contributed by atoms with Gasteiger partial charge in [0.1, 0.15) is 0 Å². The molecule has 0 aliphatic rings. The Morgan fingerprint density at radius 1 is 1.26 bits per heavy atom. The fourth-order valence-corrected chi connectivity index (χ4v) is 1.99. The molecule has 0 saturated carbocycles. The molecular weight excluding hydrogens is 238 g/mol. The van der Waals surface area contributed by atoms with E-state index in [1.807, 2.05) is 25.2 Å². The number of likely N-dealkylation sites (N-methyl/N-ethyl adjacent to an activating group) is 1. The van der Waals surface area contributed by atoms with Crippen LogP contribution in [-0.2, 0) is 6.54 Å². The van der Waals surface area contributed by atoms with Crippen molar-refractivity contribution >= 4 is 6.08 Å². The molecule has 1 aromatic heterocycles. The van der Waals surface area contributed by atoms with Gasteiger partial charge in [0.05, 0.1) is 6.54 Å². The molecular formula is C15H19N3O. The first-order valence-corrected chi connectivity index (χ1v) is 6.33. The van der Waals surface area contributed by atoms with Crippen LogP contribution in [0.2, 0.25) is 0 Å². The SMILES string of the molecule is C/C(=C\c1ccccc1)CN(C)Cc1nnc(C)o1. The van der Waals surface area contributed by atoms with Gasteiger partial charge in [-0.05, 0) is 19.5 Å². The standard InChI is InChI=1S/C15H19N3O/c1-12(9-14-7-5-4-6-8-14)10-18(3)11-15-17-16-13(2)19-15/h4-9H,10-11H2,1-3H3/b12-9+. The van der Waals surface area contributed by atoms with E-state index in [2.05, 4.69) is 40.2 Å². The zero-order chi connectivity index (χ0) is 13.7. The summed E-state index contributed by atoms with van der Waals surface area (Å²) < 4.78 is 5.37. The zero-order valence-corrected chi connectivity index (χ0v) is 11.6. The Labute approximate surface area is 113 Å². The number of aryl methyl sites for hydroxylation is 1. The minimum Gasteiger partial charge on any atom is -0.424 e. The predicted octanol–water partition coefficient (Wildman–Crippen LogP) is 2.91. The van der Waals surface area contributed by atoms with Gasteiger partial charge in [0.2, 0.25) is 11.8 Å². The Bertz CT molecular complexity index is 546. The Balaban J connectivity index is 1.91. The van der Waals surface area contributed by atoms with Crippen LogP contribution in [0.3, 0.4) is 0 Å². The topological polar surface area (TPSA) is 42.2 Å². The molecule has 2 rings (SSSR count). The predicted molar refractivity (Wildman–Crippen MR) is 75.5 cm³/mol. The van der Waals surface area contributed by atoms with Crippen LogP contribution in [0.1, 0.15) is 24.3 Å². The summed E-state index contributed by atoms with van der Waals surface area (Å²) in [5, 5.41) is 7.83. The van der Waals surface area contributed by atoms with E-state index in [0.717, 1.165) is 6.54 Å². The summed E-state index contributed by atoms with van der Waals surface area (Å²) in [4.78, 5) is 2.15. The molecule has 0 saturated heterocycles. The summed E-state index contributed by atoms with van der Waals surface area (Å²) in [5.41, 5.74) is 2.52. The van der Waals surface area contributed by atoms with Crippen LogP contribution in [0, 0.1) is 6.92 Å². The lowest BCUT2D eigenvalue weighted by molar-refractivity contribution is 0.306. The third-order valence-corrected chi connectivity index (χ3v) is 2.71. The number of nitrogens with zero attached hydrogens (tertiary/aromatic N) is 3. The Morgan fingerprint density at radius 2 is 2.00 bits per heavy atom. The Hall–Kier alpha value is -1.94. The molecule has 0 spiro atoms. The van der Waals surface area contributed by atoms with E-state index in [-0.39, 0.29) is 0 Å². The highest BCUT2D eigenvalue weighted by Gasteiger charge is 2.06. The molecule has 1 heterocycles. The average molecular weight is 257 g/mol. The largest absolute Gasteiger partial charge is 0.424 e. The van der Waals surface area contributed by atoms with Crippen LogP contribution in [-0.4, -0.2) is 28.7 Å². The van der Waals surface area contributed by atoms with Crippen molar-refractivity contribution in [2.75, 3.05) is 13.6 Å². The van der Waals surface area contributed by atoms with Crippen molar-refractivity contribution in [1.29, 1.82) is 0 Å². The summed E-state index contributed by atoms with van der Waals surface area (Å²) in [6.45, 7) is 5.47. The number of hydrogen-bond donors (Lipinski definition) is 0. The monoisotopic (exact) mass is 257 g/mol. The van der Waals surface area contributed by atoms with E-state index in [4.69, 9.17) is 4.42 Å². The van der Waals surface area contributed by atoms with Gasteiger partial charge in [0.25, 0.3) is 0 Å². The molecule has 100 valence electrons. The highest BCUT2D eigenvalue weighted by Crippen LogP contribution is 2.09. The first-order valence-electron chi connectivity index (χ1n) is 6.33. The molecule has 0 bridgehead atoms. The van der Waals surface area contributed by atoms with Gasteiger partial charge >= 0.3 is 0 Å². The maximum atomic E-state index is 5.37. The molecule has 19 heavy (non-hydrogen) atoms. The smallest absolute Gasteiger partial charge is 0.230 e. The molecule has 1 aromatic carbocycles. The van der Waals surface area contributed by atoms with Crippen molar-refractivity contribution in [2.45, 2.75) is 20.4 Å². The Kier molecular flexibility index (Phi) is 4.47. The van der Waals surface area contributed by atoms with Crippen LogP contribution < -0.4 is 0 Å².